The zero-order valence-corrected chi connectivity index (χ0v) is 15.1. The fourth-order valence-corrected chi connectivity index (χ4v) is 3.39. The van der Waals surface area contributed by atoms with Crippen LogP contribution in [0.15, 0.2) is 33.9 Å². The lowest BCUT2D eigenvalue weighted by Crippen LogP contribution is -2.22. The van der Waals surface area contributed by atoms with Crippen LogP contribution in [-0.2, 0) is 10.0 Å². The Labute approximate surface area is 145 Å². The smallest absolute Gasteiger partial charge is 0.244 e. The van der Waals surface area contributed by atoms with Crippen LogP contribution in [0.5, 0.6) is 0 Å². The van der Waals surface area contributed by atoms with Gasteiger partial charge in [0, 0.05) is 26.4 Å². The Morgan fingerprint density at radius 3 is 2.64 bits per heavy atom. The minimum Gasteiger partial charge on any atom is -0.360 e. The van der Waals surface area contributed by atoms with Gasteiger partial charge in [0.25, 0.3) is 0 Å². The Morgan fingerprint density at radius 2 is 2.00 bits per heavy atom. The van der Waals surface area contributed by atoms with E-state index >= 15 is 0 Å². The maximum atomic E-state index is 12.5. The number of fused-ring (bicyclic) bond motifs is 1. The van der Waals surface area contributed by atoms with Crippen molar-refractivity contribution in [3.8, 4) is 0 Å². The molecule has 10 heteroatoms. The van der Waals surface area contributed by atoms with E-state index in [0.29, 0.717) is 28.4 Å². The number of anilines is 1. The molecule has 0 aliphatic rings. The van der Waals surface area contributed by atoms with E-state index in [2.05, 4.69) is 25.4 Å². The number of aryl methyl sites for hydroxylation is 1. The van der Waals surface area contributed by atoms with Gasteiger partial charge in [-0.25, -0.2) is 22.7 Å². The molecule has 0 saturated heterocycles. The number of hydrogen-bond donors (Lipinski definition) is 1. The molecule has 3 rings (SSSR count). The SMILES string of the molecule is Cc1nc(C(C)Nc2ncnc3c(S(=O)(=O)N(C)C)cccc23)no1. The molecule has 0 aliphatic carbocycles. The minimum atomic E-state index is -3.62. The van der Waals surface area contributed by atoms with Gasteiger partial charge in [-0.2, -0.15) is 4.98 Å². The summed E-state index contributed by atoms with van der Waals surface area (Å²) < 4.78 is 31.2. The third-order valence-electron chi connectivity index (χ3n) is 3.67. The van der Waals surface area contributed by atoms with Crippen molar-refractivity contribution in [2.45, 2.75) is 24.8 Å². The minimum absolute atomic E-state index is 0.128. The van der Waals surface area contributed by atoms with E-state index < -0.39 is 10.0 Å². The molecule has 3 aromatic rings. The molecule has 1 unspecified atom stereocenters. The third kappa shape index (κ3) is 3.17. The first-order valence-corrected chi connectivity index (χ1v) is 8.97. The van der Waals surface area contributed by atoms with Gasteiger partial charge < -0.3 is 9.84 Å². The molecule has 1 atom stereocenters. The summed E-state index contributed by atoms with van der Waals surface area (Å²) in [7, 11) is -0.659. The van der Waals surface area contributed by atoms with Crippen LogP contribution in [0.1, 0.15) is 24.7 Å². The maximum absolute atomic E-state index is 12.5. The van der Waals surface area contributed by atoms with Crippen molar-refractivity contribution in [3.05, 3.63) is 36.2 Å². The van der Waals surface area contributed by atoms with Crippen LogP contribution < -0.4 is 5.32 Å². The van der Waals surface area contributed by atoms with E-state index in [0.717, 1.165) is 4.31 Å². The van der Waals surface area contributed by atoms with Gasteiger partial charge in [-0.05, 0) is 19.1 Å². The zero-order chi connectivity index (χ0) is 18.2. The van der Waals surface area contributed by atoms with Gasteiger partial charge in [0.15, 0.2) is 5.82 Å². The standard InChI is InChI=1S/C15H18N6O3S/c1-9(14-19-10(2)24-20-14)18-15-11-6-5-7-12(13(11)16-8-17-15)25(22,23)21(3)4/h5-9H,1-4H3,(H,16,17,18). The van der Waals surface area contributed by atoms with Crippen LogP contribution in [0, 0.1) is 6.92 Å². The van der Waals surface area contributed by atoms with Gasteiger partial charge in [0.1, 0.15) is 17.0 Å². The Kier molecular flexibility index (Phi) is 4.39. The average molecular weight is 362 g/mol. The summed E-state index contributed by atoms with van der Waals surface area (Å²) in [5.74, 6) is 1.45. The number of aromatic nitrogens is 4. The van der Waals surface area contributed by atoms with Crippen molar-refractivity contribution in [1.82, 2.24) is 24.4 Å². The Morgan fingerprint density at radius 1 is 1.24 bits per heavy atom. The molecule has 1 N–H and O–H groups in total. The first-order valence-electron chi connectivity index (χ1n) is 7.53. The van der Waals surface area contributed by atoms with Gasteiger partial charge in [-0.15, -0.1) is 0 Å². The molecule has 0 radical (unpaired) electrons. The summed E-state index contributed by atoms with van der Waals surface area (Å²) >= 11 is 0. The lowest BCUT2D eigenvalue weighted by atomic mass is 10.2. The molecule has 0 bridgehead atoms. The van der Waals surface area contributed by atoms with Gasteiger partial charge in [-0.1, -0.05) is 11.2 Å². The van der Waals surface area contributed by atoms with E-state index in [1.807, 2.05) is 6.92 Å². The fraction of sp³-hybridized carbons (Fsp3) is 0.333. The molecule has 0 amide bonds. The van der Waals surface area contributed by atoms with Crippen LogP contribution in [0.3, 0.4) is 0 Å². The number of para-hydroxylation sites is 1. The molecule has 0 fully saturated rings. The molecule has 25 heavy (non-hydrogen) atoms. The number of benzene rings is 1. The highest BCUT2D eigenvalue weighted by Gasteiger charge is 2.22. The first-order chi connectivity index (χ1) is 11.8. The number of nitrogens with zero attached hydrogens (tertiary/aromatic N) is 5. The summed E-state index contributed by atoms with van der Waals surface area (Å²) in [4.78, 5) is 12.7. The maximum Gasteiger partial charge on any atom is 0.244 e. The second-order valence-electron chi connectivity index (χ2n) is 5.70. The van der Waals surface area contributed by atoms with Crippen LogP contribution in [0.2, 0.25) is 0 Å². The average Bonchev–Trinajstić information content (AvgIpc) is 3.01. The number of sulfonamides is 1. The molecule has 0 spiro atoms. The van der Waals surface area contributed by atoms with Gasteiger partial charge >= 0.3 is 0 Å². The van der Waals surface area contributed by atoms with E-state index in [1.165, 1.54) is 26.5 Å². The quantitative estimate of drug-likeness (QED) is 0.730. The molecule has 1 aromatic carbocycles. The van der Waals surface area contributed by atoms with Crippen molar-refractivity contribution >= 4 is 26.7 Å². The highest BCUT2D eigenvalue weighted by atomic mass is 32.2. The summed E-state index contributed by atoms with van der Waals surface area (Å²) in [6.45, 7) is 3.57. The molecular formula is C15H18N6O3S. The second kappa shape index (κ2) is 6.37. The molecule has 0 saturated carbocycles. The molecule has 0 aliphatic heterocycles. The highest BCUT2D eigenvalue weighted by Crippen LogP contribution is 2.28. The van der Waals surface area contributed by atoms with E-state index in [9.17, 15) is 8.42 Å². The molecule has 2 aromatic heterocycles. The topological polar surface area (TPSA) is 114 Å². The monoisotopic (exact) mass is 362 g/mol. The predicted molar refractivity (Wildman–Crippen MR) is 91.5 cm³/mol. The van der Waals surface area contributed by atoms with Crippen LogP contribution in [0.4, 0.5) is 5.82 Å². The van der Waals surface area contributed by atoms with E-state index in [-0.39, 0.29) is 10.9 Å². The van der Waals surface area contributed by atoms with Gasteiger partial charge in [0.2, 0.25) is 15.9 Å². The molecule has 9 nitrogen and oxygen atoms in total. The van der Waals surface area contributed by atoms with Gasteiger partial charge in [0.05, 0.1) is 11.6 Å². The number of nitrogens with one attached hydrogen (secondary N) is 1. The third-order valence-corrected chi connectivity index (χ3v) is 5.52. The molecule has 132 valence electrons. The predicted octanol–water partition coefficient (Wildman–Crippen LogP) is 1.74. The van der Waals surface area contributed by atoms with Gasteiger partial charge in [-0.3, -0.25) is 0 Å². The lowest BCUT2D eigenvalue weighted by Gasteiger charge is -2.15. The van der Waals surface area contributed by atoms with Crippen molar-refractivity contribution in [2.24, 2.45) is 0 Å². The lowest BCUT2D eigenvalue weighted by molar-refractivity contribution is 0.385. The fourth-order valence-electron chi connectivity index (χ4n) is 2.34. The summed E-state index contributed by atoms with van der Waals surface area (Å²) in [6, 6.07) is 4.68. The van der Waals surface area contributed by atoms with Crippen molar-refractivity contribution < 1.29 is 12.9 Å². The van der Waals surface area contributed by atoms with Crippen molar-refractivity contribution in [2.75, 3.05) is 19.4 Å². The molecular weight excluding hydrogens is 344 g/mol. The number of hydrogen-bond acceptors (Lipinski definition) is 8. The normalized spacial score (nSPS) is 13.3. The summed E-state index contributed by atoms with van der Waals surface area (Å²) in [5.41, 5.74) is 0.352. The van der Waals surface area contributed by atoms with Crippen LogP contribution >= 0.6 is 0 Å². The van der Waals surface area contributed by atoms with Crippen molar-refractivity contribution in [1.29, 1.82) is 0 Å². The Hall–Kier alpha value is -2.59. The largest absolute Gasteiger partial charge is 0.360 e. The zero-order valence-electron chi connectivity index (χ0n) is 14.3. The summed E-state index contributed by atoms with van der Waals surface area (Å²) in [6.07, 6.45) is 1.33. The van der Waals surface area contributed by atoms with E-state index in [4.69, 9.17) is 4.52 Å². The van der Waals surface area contributed by atoms with Crippen LogP contribution in [0.25, 0.3) is 10.9 Å². The van der Waals surface area contributed by atoms with Crippen molar-refractivity contribution in [3.63, 3.8) is 0 Å². The molecule has 2 heterocycles. The first kappa shape index (κ1) is 17.2. The Bertz CT molecular complexity index is 1020. The van der Waals surface area contributed by atoms with E-state index in [1.54, 1.807) is 19.1 Å². The summed E-state index contributed by atoms with van der Waals surface area (Å²) in [5, 5.41) is 7.65. The second-order valence-corrected chi connectivity index (χ2v) is 7.82. The van der Waals surface area contributed by atoms with Crippen LogP contribution in [-0.4, -0.2) is 46.9 Å². The number of rotatable bonds is 5. The highest BCUT2D eigenvalue weighted by molar-refractivity contribution is 7.89. The Balaban J connectivity index is 2.06.